The standard InChI is InChI=1S/C23H28N2O3/c1-6-27-20-12-10-18(11-13-20)23-24-22(17(3)28-23)15-25(4)16(2)19-8-7-9-21(14-19)26-5/h7-14,16H,6,15H2,1-5H3/t16-/m1/s1. The average molecular weight is 380 g/mol. The molecule has 3 rings (SSSR count). The predicted octanol–water partition coefficient (Wildman–Crippen LogP) is 5.25. The number of hydrogen-bond acceptors (Lipinski definition) is 5. The number of rotatable bonds is 8. The Bertz CT molecular complexity index is 902. The Labute approximate surface area is 166 Å². The van der Waals surface area contributed by atoms with Crippen molar-refractivity contribution in [2.24, 2.45) is 0 Å². The molecule has 0 fully saturated rings. The van der Waals surface area contributed by atoms with Gasteiger partial charge in [-0.1, -0.05) is 12.1 Å². The van der Waals surface area contributed by atoms with E-state index in [1.165, 1.54) is 5.56 Å². The summed E-state index contributed by atoms with van der Waals surface area (Å²) in [5, 5.41) is 0. The van der Waals surface area contributed by atoms with Crippen molar-refractivity contribution in [3.05, 3.63) is 65.5 Å². The van der Waals surface area contributed by atoms with E-state index in [4.69, 9.17) is 18.9 Å². The molecule has 5 nitrogen and oxygen atoms in total. The molecule has 0 saturated heterocycles. The summed E-state index contributed by atoms with van der Waals surface area (Å²) in [5.41, 5.74) is 3.09. The summed E-state index contributed by atoms with van der Waals surface area (Å²) in [5.74, 6) is 3.20. The Morgan fingerprint density at radius 1 is 1.11 bits per heavy atom. The van der Waals surface area contributed by atoms with Crippen LogP contribution in [0.1, 0.15) is 36.9 Å². The molecule has 2 aromatic carbocycles. The van der Waals surface area contributed by atoms with Gasteiger partial charge >= 0.3 is 0 Å². The minimum atomic E-state index is 0.222. The second-order valence-electron chi connectivity index (χ2n) is 6.85. The van der Waals surface area contributed by atoms with Gasteiger partial charge in [-0.25, -0.2) is 4.98 Å². The number of benzene rings is 2. The van der Waals surface area contributed by atoms with E-state index in [9.17, 15) is 0 Å². The molecule has 0 spiro atoms. The first-order valence-electron chi connectivity index (χ1n) is 9.55. The van der Waals surface area contributed by atoms with E-state index < -0.39 is 0 Å². The van der Waals surface area contributed by atoms with Crippen LogP contribution in [0.4, 0.5) is 0 Å². The fourth-order valence-electron chi connectivity index (χ4n) is 3.09. The highest BCUT2D eigenvalue weighted by atomic mass is 16.5. The number of hydrogen-bond donors (Lipinski definition) is 0. The third-order valence-corrected chi connectivity index (χ3v) is 4.94. The zero-order chi connectivity index (χ0) is 20.1. The van der Waals surface area contributed by atoms with Crippen molar-refractivity contribution in [1.82, 2.24) is 9.88 Å². The molecule has 0 radical (unpaired) electrons. The van der Waals surface area contributed by atoms with Crippen LogP contribution in [0.25, 0.3) is 11.5 Å². The zero-order valence-electron chi connectivity index (χ0n) is 17.2. The fraction of sp³-hybridized carbons (Fsp3) is 0.348. The number of oxazole rings is 1. The fourth-order valence-corrected chi connectivity index (χ4v) is 3.09. The molecular formula is C23H28N2O3. The second kappa shape index (κ2) is 8.93. The molecule has 3 aromatic rings. The molecule has 1 aromatic heterocycles. The first-order valence-corrected chi connectivity index (χ1v) is 9.55. The van der Waals surface area contributed by atoms with Crippen molar-refractivity contribution in [2.75, 3.05) is 20.8 Å². The average Bonchev–Trinajstić information content (AvgIpc) is 3.08. The summed E-state index contributed by atoms with van der Waals surface area (Å²) in [7, 11) is 3.78. The number of aromatic nitrogens is 1. The van der Waals surface area contributed by atoms with Crippen LogP contribution >= 0.6 is 0 Å². The largest absolute Gasteiger partial charge is 0.497 e. The lowest BCUT2D eigenvalue weighted by Gasteiger charge is -2.24. The SMILES string of the molecule is CCOc1ccc(-c2nc(CN(C)[C@H](C)c3cccc(OC)c3)c(C)o2)cc1. The normalized spacial score (nSPS) is 12.2. The van der Waals surface area contributed by atoms with Gasteiger partial charge in [-0.15, -0.1) is 0 Å². The molecule has 0 aliphatic rings. The molecule has 0 bridgehead atoms. The van der Waals surface area contributed by atoms with E-state index in [0.29, 0.717) is 19.0 Å². The van der Waals surface area contributed by atoms with E-state index in [0.717, 1.165) is 28.5 Å². The number of nitrogens with zero attached hydrogens (tertiary/aromatic N) is 2. The molecule has 1 heterocycles. The Morgan fingerprint density at radius 2 is 1.86 bits per heavy atom. The Hall–Kier alpha value is -2.79. The van der Waals surface area contributed by atoms with Crippen molar-refractivity contribution in [3.8, 4) is 23.0 Å². The van der Waals surface area contributed by atoms with Crippen LogP contribution in [-0.4, -0.2) is 30.6 Å². The van der Waals surface area contributed by atoms with Gasteiger partial charge in [0.05, 0.1) is 19.4 Å². The van der Waals surface area contributed by atoms with Gasteiger partial charge in [0.25, 0.3) is 0 Å². The van der Waals surface area contributed by atoms with Crippen LogP contribution in [0.15, 0.2) is 52.9 Å². The van der Waals surface area contributed by atoms with Crippen molar-refractivity contribution >= 4 is 0 Å². The minimum absolute atomic E-state index is 0.222. The van der Waals surface area contributed by atoms with Crippen LogP contribution in [0.2, 0.25) is 0 Å². The van der Waals surface area contributed by atoms with Crippen molar-refractivity contribution in [3.63, 3.8) is 0 Å². The third kappa shape index (κ3) is 4.54. The van der Waals surface area contributed by atoms with E-state index in [2.05, 4.69) is 31.0 Å². The molecule has 0 unspecified atom stereocenters. The lowest BCUT2D eigenvalue weighted by atomic mass is 10.1. The molecule has 28 heavy (non-hydrogen) atoms. The maximum atomic E-state index is 5.92. The van der Waals surface area contributed by atoms with Crippen molar-refractivity contribution in [1.29, 1.82) is 0 Å². The monoisotopic (exact) mass is 380 g/mol. The zero-order valence-corrected chi connectivity index (χ0v) is 17.2. The highest BCUT2D eigenvalue weighted by Crippen LogP contribution is 2.27. The van der Waals surface area contributed by atoms with Crippen molar-refractivity contribution in [2.45, 2.75) is 33.4 Å². The number of ether oxygens (including phenoxy) is 2. The third-order valence-electron chi connectivity index (χ3n) is 4.94. The summed E-state index contributed by atoms with van der Waals surface area (Å²) in [6.07, 6.45) is 0. The van der Waals surface area contributed by atoms with E-state index in [-0.39, 0.29) is 6.04 Å². The van der Waals surface area contributed by atoms with Gasteiger partial charge in [0.2, 0.25) is 5.89 Å². The number of methoxy groups -OCH3 is 1. The molecule has 1 atom stereocenters. The van der Waals surface area contributed by atoms with Crippen LogP contribution in [0.5, 0.6) is 11.5 Å². The molecule has 0 N–H and O–H groups in total. The summed E-state index contributed by atoms with van der Waals surface area (Å²) in [6.45, 7) is 7.47. The Kier molecular flexibility index (Phi) is 6.37. The molecule has 0 saturated carbocycles. The van der Waals surface area contributed by atoms with Gasteiger partial charge in [0, 0.05) is 18.2 Å². The molecule has 0 amide bonds. The maximum Gasteiger partial charge on any atom is 0.226 e. The summed E-state index contributed by atoms with van der Waals surface area (Å²) in [6, 6.07) is 16.2. The van der Waals surface area contributed by atoms with Gasteiger partial charge in [0.1, 0.15) is 17.3 Å². The molecule has 5 heteroatoms. The topological polar surface area (TPSA) is 47.7 Å². The molecular weight excluding hydrogens is 352 g/mol. The molecule has 0 aliphatic heterocycles. The first kappa shape index (κ1) is 20.0. The lowest BCUT2D eigenvalue weighted by Crippen LogP contribution is -2.22. The first-order chi connectivity index (χ1) is 13.5. The Balaban J connectivity index is 1.73. The van der Waals surface area contributed by atoms with Gasteiger partial charge in [-0.2, -0.15) is 0 Å². The van der Waals surface area contributed by atoms with Crippen molar-refractivity contribution < 1.29 is 13.9 Å². The van der Waals surface area contributed by atoms with Gasteiger partial charge in [0.15, 0.2) is 0 Å². The van der Waals surface area contributed by atoms with E-state index in [1.54, 1.807) is 7.11 Å². The minimum Gasteiger partial charge on any atom is -0.497 e. The summed E-state index contributed by atoms with van der Waals surface area (Å²) >= 11 is 0. The summed E-state index contributed by atoms with van der Waals surface area (Å²) in [4.78, 5) is 6.98. The van der Waals surface area contributed by atoms with Crippen LogP contribution < -0.4 is 9.47 Å². The Morgan fingerprint density at radius 3 is 2.54 bits per heavy atom. The van der Waals surface area contributed by atoms with Gasteiger partial charge in [-0.05, 0) is 69.8 Å². The predicted molar refractivity (Wildman–Crippen MR) is 111 cm³/mol. The quantitative estimate of drug-likeness (QED) is 0.534. The smallest absolute Gasteiger partial charge is 0.226 e. The number of aryl methyl sites for hydroxylation is 1. The molecule has 0 aliphatic carbocycles. The lowest BCUT2D eigenvalue weighted by molar-refractivity contribution is 0.248. The second-order valence-corrected chi connectivity index (χ2v) is 6.85. The molecule has 148 valence electrons. The highest BCUT2D eigenvalue weighted by Gasteiger charge is 2.18. The maximum absolute atomic E-state index is 5.92. The van der Waals surface area contributed by atoms with Crippen LogP contribution in [0, 0.1) is 6.92 Å². The van der Waals surface area contributed by atoms with Gasteiger partial charge in [-0.3, -0.25) is 4.90 Å². The van der Waals surface area contributed by atoms with Crippen LogP contribution in [-0.2, 0) is 6.54 Å². The van der Waals surface area contributed by atoms with Crippen LogP contribution in [0.3, 0.4) is 0 Å². The van der Waals surface area contributed by atoms with E-state index >= 15 is 0 Å². The summed E-state index contributed by atoms with van der Waals surface area (Å²) < 4.78 is 16.8. The highest BCUT2D eigenvalue weighted by molar-refractivity contribution is 5.55. The van der Waals surface area contributed by atoms with Gasteiger partial charge < -0.3 is 13.9 Å². The van der Waals surface area contributed by atoms with E-state index in [1.807, 2.05) is 50.2 Å².